The van der Waals surface area contributed by atoms with Crippen LogP contribution >= 0.6 is 6.42 Å². The van der Waals surface area contributed by atoms with Crippen molar-refractivity contribution in [3.63, 3.8) is 0 Å². The number of hydrogen-bond donors (Lipinski definition) is 1. The highest BCUT2D eigenvalue weighted by Crippen LogP contribution is 2.46. The van der Waals surface area contributed by atoms with Crippen molar-refractivity contribution in [3.8, 4) is 5.75 Å². The molecule has 0 aliphatic carbocycles. The van der Waals surface area contributed by atoms with Gasteiger partial charge >= 0.3 is 0 Å². The fraction of sp³-hybridized carbons (Fsp3) is 0. The maximum atomic E-state index is 6.21. The van der Waals surface area contributed by atoms with Gasteiger partial charge in [-0.05, 0) is 48.2 Å². The summed E-state index contributed by atoms with van der Waals surface area (Å²) in [7, 11) is 0. The summed E-state index contributed by atoms with van der Waals surface area (Å²) in [4.78, 5) is 0. The lowest BCUT2D eigenvalue weighted by molar-refractivity contribution is 0.624. The first-order valence-corrected chi connectivity index (χ1v) is 9.72. The van der Waals surface area contributed by atoms with Gasteiger partial charge in [0, 0.05) is 11.0 Å². The molecule has 0 fully saturated rings. The molecule has 1 N–H and O–H groups in total. The van der Waals surface area contributed by atoms with Crippen molar-refractivity contribution in [2.45, 2.75) is 0 Å². The van der Waals surface area contributed by atoms with Crippen LogP contribution in [0.4, 0.5) is 5.69 Å². The SMILES string of the molecule is S=P(Nc1ccccc1)(Oc1ccccc1)c1ccccc1. The number of anilines is 1. The molecule has 0 aromatic heterocycles. The molecule has 0 spiro atoms. The molecule has 3 rings (SSSR count). The molecule has 3 aromatic carbocycles. The van der Waals surface area contributed by atoms with E-state index in [9.17, 15) is 0 Å². The predicted molar refractivity (Wildman–Crippen MR) is 97.5 cm³/mol. The molecule has 0 saturated carbocycles. The van der Waals surface area contributed by atoms with Crippen molar-refractivity contribution in [1.82, 2.24) is 0 Å². The number of para-hydroxylation sites is 2. The second kappa shape index (κ2) is 6.78. The van der Waals surface area contributed by atoms with E-state index in [1.165, 1.54) is 0 Å². The summed E-state index contributed by atoms with van der Waals surface area (Å²) < 4.78 is 6.21. The van der Waals surface area contributed by atoms with Crippen LogP contribution in [0.2, 0.25) is 0 Å². The minimum absolute atomic E-state index is 0.776. The van der Waals surface area contributed by atoms with Gasteiger partial charge in [0.15, 0.2) is 0 Å². The molecule has 2 nitrogen and oxygen atoms in total. The van der Waals surface area contributed by atoms with Gasteiger partial charge in [-0.15, -0.1) is 0 Å². The Labute approximate surface area is 135 Å². The van der Waals surface area contributed by atoms with Gasteiger partial charge in [-0.1, -0.05) is 54.6 Å². The third kappa shape index (κ3) is 3.56. The molecule has 1 atom stereocenters. The first kappa shape index (κ1) is 14.8. The fourth-order valence-electron chi connectivity index (χ4n) is 2.08. The van der Waals surface area contributed by atoms with E-state index in [-0.39, 0.29) is 0 Å². The number of benzene rings is 3. The second-order valence-corrected chi connectivity index (χ2v) is 8.34. The summed E-state index contributed by atoms with van der Waals surface area (Å²) in [5.74, 6) is 0.776. The Kier molecular flexibility index (Phi) is 4.57. The number of nitrogens with one attached hydrogen (secondary N) is 1. The van der Waals surface area contributed by atoms with Gasteiger partial charge in [-0.3, -0.25) is 0 Å². The van der Waals surface area contributed by atoms with E-state index in [4.69, 9.17) is 16.3 Å². The van der Waals surface area contributed by atoms with E-state index in [0.29, 0.717) is 0 Å². The second-order valence-electron chi connectivity index (χ2n) is 4.77. The minimum Gasteiger partial charge on any atom is -0.445 e. The third-order valence-electron chi connectivity index (χ3n) is 3.12. The highest BCUT2D eigenvalue weighted by Gasteiger charge is 2.22. The Balaban J connectivity index is 1.97. The molecule has 0 heterocycles. The Morgan fingerprint density at radius 1 is 0.682 bits per heavy atom. The Bertz CT molecular complexity index is 717. The van der Waals surface area contributed by atoms with Crippen LogP contribution < -0.4 is 14.9 Å². The van der Waals surface area contributed by atoms with Crippen LogP contribution in [0.5, 0.6) is 5.75 Å². The van der Waals surface area contributed by atoms with E-state index in [2.05, 4.69) is 5.09 Å². The largest absolute Gasteiger partial charge is 0.445 e. The van der Waals surface area contributed by atoms with Crippen LogP contribution in [-0.2, 0) is 11.8 Å². The summed E-state index contributed by atoms with van der Waals surface area (Å²) in [6, 6.07) is 29.6. The average Bonchev–Trinajstić information content (AvgIpc) is 2.57. The normalized spacial score (nSPS) is 13.1. The maximum Gasteiger partial charge on any atom is 0.232 e. The van der Waals surface area contributed by atoms with Crippen molar-refractivity contribution in [1.29, 1.82) is 0 Å². The topological polar surface area (TPSA) is 21.3 Å². The highest BCUT2D eigenvalue weighted by molar-refractivity contribution is 8.16. The first-order valence-electron chi connectivity index (χ1n) is 7.00. The molecule has 4 heteroatoms. The zero-order chi connectivity index (χ0) is 15.3. The molecule has 0 aliphatic rings. The lowest BCUT2D eigenvalue weighted by Gasteiger charge is -2.25. The molecule has 0 saturated heterocycles. The van der Waals surface area contributed by atoms with Gasteiger partial charge in [0.2, 0.25) is 6.42 Å². The molecular formula is C18H16NOPS. The Morgan fingerprint density at radius 3 is 1.77 bits per heavy atom. The summed E-state index contributed by atoms with van der Waals surface area (Å²) in [5, 5.41) is 4.42. The molecule has 0 aliphatic heterocycles. The van der Waals surface area contributed by atoms with Gasteiger partial charge in [-0.25, -0.2) is 0 Å². The van der Waals surface area contributed by atoms with Crippen molar-refractivity contribution < 1.29 is 4.52 Å². The molecule has 0 radical (unpaired) electrons. The fourth-order valence-corrected chi connectivity index (χ4v) is 4.77. The standard InChI is InChI=1S/C18H16NOPS/c22-21(18-14-8-3-9-15-18,19-16-10-4-1-5-11-16)20-17-12-6-2-7-13-17/h1-15H,(H,19,22). The van der Waals surface area contributed by atoms with Crippen LogP contribution in [0.25, 0.3) is 0 Å². The Hall–Kier alpha value is -2.09. The van der Waals surface area contributed by atoms with Crippen LogP contribution in [0, 0.1) is 0 Å². The lowest BCUT2D eigenvalue weighted by atomic mass is 10.3. The molecule has 22 heavy (non-hydrogen) atoms. The molecule has 3 aromatic rings. The zero-order valence-corrected chi connectivity index (χ0v) is 13.6. The van der Waals surface area contributed by atoms with E-state index in [1.807, 2.05) is 91.0 Å². The highest BCUT2D eigenvalue weighted by atomic mass is 32.4. The maximum absolute atomic E-state index is 6.21. The monoisotopic (exact) mass is 325 g/mol. The molecule has 110 valence electrons. The van der Waals surface area contributed by atoms with Crippen molar-refractivity contribution >= 4 is 29.2 Å². The smallest absolute Gasteiger partial charge is 0.232 e. The average molecular weight is 325 g/mol. The van der Waals surface area contributed by atoms with E-state index < -0.39 is 6.42 Å². The molecular weight excluding hydrogens is 309 g/mol. The van der Waals surface area contributed by atoms with Crippen LogP contribution in [-0.4, -0.2) is 0 Å². The van der Waals surface area contributed by atoms with Gasteiger partial charge in [0.25, 0.3) is 0 Å². The molecule has 1 unspecified atom stereocenters. The first-order chi connectivity index (χ1) is 10.8. The molecule has 0 amide bonds. The van der Waals surface area contributed by atoms with Crippen LogP contribution in [0.15, 0.2) is 91.0 Å². The van der Waals surface area contributed by atoms with Crippen LogP contribution in [0.3, 0.4) is 0 Å². The van der Waals surface area contributed by atoms with Crippen LogP contribution in [0.1, 0.15) is 0 Å². The van der Waals surface area contributed by atoms with Crippen molar-refractivity contribution in [2.24, 2.45) is 0 Å². The Morgan fingerprint density at radius 2 is 1.18 bits per heavy atom. The molecule has 0 bridgehead atoms. The van der Waals surface area contributed by atoms with Gasteiger partial charge in [0.05, 0.1) is 0 Å². The summed E-state index contributed by atoms with van der Waals surface area (Å²) >= 11 is 5.91. The number of rotatable bonds is 5. The van der Waals surface area contributed by atoms with Crippen molar-refractivity contribution in [3.05, 3.63) is 91.0 Å². The lowest BCUT2D eigenvalue weighted by Crippen LogP contribution is -2.15. The van der Waals surface area contributed by atoms with E-state index in [1.54, 1.807) is 0 Å². The summed E-state index contributed by atoms with van der Waals surface area (Å²) in [5.41, 5.74) is 0.964. The third-order valence-corrected chi connectivity index (χ3v) is 6.25. The van der Waals surface area contributed by atoms with E-state index >= 15 is 0 Å². The number of hydrogen-bond acceptors (Lipinski definition) is 2. The quantitative estimate of drug-likeness (QED) is 0.680. The van der Waals surface area contributed by atoms with Gasteiger partial charge < -0.3 is 9.61 Å². The van der Waals surface area contributed by atoms with E-state index in [0.717, 1.165) is 16.7 Å². The van der Waals surface area contributed by atoms with Crippen molar-refractivity contribution in [2.75, 3.05) is 5.09 Å². The van der Waals surface area contributed by atoms with Gasteiger partial charge in [-0.2, -0.15) is 0 Å². The predicted octanol–water partition coefficient (Wildman–Crippen LogP) is 4.81. The minimum atomic E-state index is -2.43. The summed E-state index contributed by atoms with van der Waals surface area (Å²) in [6.45, 7) is 0. The zero-order valence-electron chi connectivity index (χ0n) is 11.9. The summed E-state index contributed by atoms with van der Waals surface area (Å²) in [6.07, 6.45) is -2.43. The van der Waals surface area contributed by atoms with Gasteiger partial charge in [0.1, 0.15) is 5.75 Å².